The fourth-order valence-electron chi connectivity index (χ4n) is 0.309. The lowest BCUT2D eigenvalue weighted by Crippen LogP contribution is -2.02. The summed E-state index contributed by atoms with van der Waals surface area (Å²) in [5.41, 5.74) is 0. The number of ether oxygens (including phenoxy) is 2. The minimum absolute atomic E-state index is 0.0856. The molecule has 0 aromatic heterocycles. The molecule has 0 amide bonds. The molecule has 0 N–H and O–H groups in total. The monoisotopic (exact) mass is 172 g/mol. The zero-order valence-corrected chi connectivity index (χ0v) is 5.76. The molecule has 6 heteroatoms. The Kier molecular flexibility index (Phi) is 4.83. The molecular weight excluding hydrogens is 168 g/mol. The van der Waals surface area contributed by atoms with Crippen LogP contribution in [-0.4, -0.2) is 24.9 Å². The number of hydrogen-bond donors (Lipinski definition) is 0. The zero-order chi connectivity index (χ0) is 9.40. The van der Waals surface area contributed by atoms with Gasteiger partial charge in [0.25, 0.3) is 0 Å². The van der Waals surface area contributed by atoms with E-state index < -0.39 is 11.9 Å². The molecule has 0 aliphatic rings. The van der Waals surface area contributed by atoms with Gasteiger partial charge in [-0.1, -0.05) is 0 Å². The Morgan fingerprint density at radius 3 is 1.42 bits per heavy atom. The second-order valence-electron chi connectivity index (χ2n) is 1.40. The fourth-order valence-corrected chi connectivity index (χ4v) is 0.309. The molecule has 0 saturated heterocycles. The van der Waals surface area contributed by atoms with Crippen LogP contribution >= 0.6 is 0 Å². The summed E-state index contributed by atoms with van der Waals surface area (Å²) in [4.78, 5) is 39.7. The first-order valence-electron chi connectivity index (χ1n) is 2.67. The molecule has 0 rings (SSSR count). The van der Waals surface area contributed by atoms with Crippen molar-refractivity contribution in [2.45, 2.75) is 0 Å². The maximum absolute atomic E-state index is 10.3. The Labute approximate surface area is 66.7 Å². The van der Waals surface area contributed by atoms with Crippen molar-refractivity contribution < 1.29 is 28.7 Å². The third-order valence-corrected chi connectivity index (χ3v) is 0.684. The highest BCUT2D eigenvalue weighted by atomic mass is 16.6. The van der Waals surface area contributed by atoms with E-state index in [9.17, 15) is 19.2 Å². The van der Waals surface area contributed by atoms with Crippen molar-refractivity contribution in [2.75, 3.05) is 0 Å². The Hall–Kier alpha value is -1.98. The quantitative estimate of drug-likeness (QED) is 0.232. The van der Waals surface area contributed by atoms with Gasteiger partial charge in [0.15, 0.2) is 0 Å². The highest BCUT2D eigenvalue weighted by Crippen LogP contribution is 1.81. The Morgan fingerprint density at radius 2 is 1.17 bits per heavy atom. The van der Waals surface area contributed by atoms with Crippen molar-refractivity contribution in [3.63, 3.8) is 0 Å². The average molecular weight is 172 g/mol. The number of carbonyl (C=O) groups excluding carboxylic acids is 4. The van der Waals surface area contributed by atoms with E-state index in [-0.39, 0.29) is 12.9 Å². The van der Waals surface area contributed by atoms with Gasteiger partial charge in [-0.3, -0.25) is 9.59 Å². The molecule has 0 spiro atoms. The molecule has 0 heterocycles. The summed E-state index contributed by atoms with van der Waals surface area (Å²) >= 11 is 0. The molecule has 0 aromatic rings. The van der Waals surface area contributed by atoms with E-state index in [1.54, 1.807) is 0 Å². The van der Waals surface area contributed by atoms with Crippen molar-refractivity contribution in [3.8, 4) is 0 Å². The SMILES string of the molecule is O=COC(=O)C=CC(=O)OC=O. The van der Waals surface area contributed by atoms with Gasteiger partial charge >= 0.3 is 24.9 Å². The smallest absolute Gasteiger partial charge is 0.338 e. The molecule has 0 saturated carbocycles. The summed E-state index contributed by atoms with van der Waals surface area (Å²) in [5.74, 6) is -2.04. The minimum Gasteiger partial charge on any atom is -0.392 e. The maximum atomic E-state index is 10.3. The molecule has 6 nitrogen and oxygen atoms in total. The van der Waals surface area contributed by atoms with Crippen LogP contribution in [0.4, 0.5) is 0 Å². The standard InChI is InChI=1S/C6H4O6/c7-3-11-5(9)1-2-6(10)12-4-8/h1-4H. The van der Waals surface area contributed by atoms with E-state index in [4.69, 9.17) is 0 Å². The van der Waals surface area contributed by atoms with Gasteiger partial charge in [0.2, 0.25) is 0 Å². The second-order valence-corrected chi connectivity index (χ2v) is 1.40. The maximum Gasteiger partial charge on any atom is 0.338 e. The molecule has 0 aromatic carbocycles. The average Bonchev–Trinajstić information content (AvgIpc) is 2.02. The van der Waals surface area contributed by atoms with E-state index in [0.29, 0.717) is 12.2 Å². The zero-order valence-electron chi connectivity index (χ0n) is 5.76. The van der Waals surface area contributed by atoms with Crippen LogP contribution in [-0.2, 0) is 28.7 Å². The van der Waals surface area contributed by atoms with Gasteiger partial charge in [-0.25, -0.2) is 9.59 Å². The van der Waals surface area contributed by atoms with Crippen LogP contribution in [0.2, 0.25) is 0 Å². The molecule has 0 bridgehead atoms. The summed E-state index contributed by atoms with van der Waals surface area (Å²) in [7, 11) is 0. The van der Waals surface area contributed by atoms with Crippen molar-refractivity contribution in [1.29, 1.82) is 0 Å². The van der Waals surface area contributed by atoms with Gasteiger partial charge in [-0.2, -0.15) is 0 Å². The first kappa shape index (κ1) is 10.0. The molecule has 64 valence electrons. The predicted molar refractivity (Wildman–Crippen MR) is 33.5 cm³/mol. The number of esters is 2. The van der Waals surface area contributed by atoms with Crippen LogP contribution in [0.1, 0.15) is 0 Å². The number of carbonyl (C=O) groups is 4. The normalized spacial score (nSPS) is 9.00. The van der Waals surface area contributed by atoms with Gasteiger partial charge in [-0.05, 0) is 0 Å². The van der Waals surface area contributed by atoms with Crippen molar-refractivity contribution in [1.82, 2.24) is 0 Å². The molecule has 0 fully saturated rings. The van der Waals surface area contributed by atoms with E-state index in [0.717, 1.165) is 0 Å². The summed E-state index contributed by atoms with van der Waals surface area (Å²) in [6, 6.07) is 0. The van der Waals surface area contributed by atoms with Crippen molar-refractivity contribution in [2.24, 2.45) is 0 Å². The molecular formula is C6H4O6. The van der Waals surface area contributed by atoms with E-state index in [1.165, 1.54) is 0 Å². The highest BCUT2D eigenvalue weighted by Gasteiger charge is 1.98. The summed E-state index contributed by atoms with van der Waals surface area (Å²) in [6.45, 7) is -0.171. The largest absolute Gasteiger partial charge is 0.392 e. The lowest BCUT2D eigenvalue weighted by Gasteiger charge is -1.87. The predicted octanol–water partition coefficient (Wildman–Crippen LogP) is -1.06. The van der Waals surface area contributed by atoms with E-state index in [1.807, 2.05) is 0 Å². The van der Waals surface area contributed by atoms with Crippen LogP contribution in [0.5, 0.6) is 0 Å². The first-order chi connectivity index (χ1) is 5.70. The third-order valence-electron chi connectivity index (χ3n) is 0.684. The minimum atomic E-state index is -1.02. The number of rotatable bonds is 4. The second kappa shape index (κ2) is 5.78. The highest BCUT2D eigenvalue weighted by molar-refractivity contribution is 5.95. The van der Waals surface area contributed by atoms with Crippen LogP contribution in [0.25, 0.3) is 0 Å². The molecule has 0 aliphatic carbocycles. The molecule has 0 atom stereocenters. The third kappa shape index (κ3) is 4.86. The Balaban J connectivity index is 3.88. The van der Waals surface area contributed by atoms with Gasteiger partial charge in [0.05, 0.1) is 0 Å². The Morgan fingerprint density at radius 1 is 0.833 bits per heavy atom. The first-order valence-corrected chi connectivity index (χ1v) is 2.67. The summed E-state index contributed by atoms with van der Waals surface area (Å²) < 4.78 is 7.54. The van der Waals surface area contributed by atoms with E-state index in [2.05, 4.69) is 9.47 Å². The summed E-state index contributed by atoms with van der Waals surface area (Å²) in [5, 5.41) is 0. The molecule has 12 heavy (non-hydrogen) atoms. The van der Waals surface area contributed by atoms with Crippen LogP contribution < -0.4 is 0 Å². The number of hydrogen-bond acceptors (Lipinski definition) is 6. The van der Waals surface area contributed by atoms with Crippen LogP contribution in [0.15, 0.2) is 12.2 Å². The topological polar surface area (TPSA) is 86.7 Å². The lowest BCUT2D eigenvalue weighted by atomic mass is 10.5. The van der Waals surface area contributed by atoms with Crippen molar-refractivity contribution in [3.05, 3.63) is 12.2 Å². The van der Waals surface area contributed by atoms with E-state index >= 15 is 0 Å². The van der Waals surface area contributed by atoms with Crippen LogP contribution in [0, 0.1) is 0 Å². The Bertz CT molecular complexity index is 204. The summed E-state index contributed by atoms with van der Waals surface area (Å²) in [6.07, 6.45) is 1.31. The molecule has 0 radical (unpaired) electrons. The van der Waals surface area contributed by atoms with Gasteiger partial charge < -0.3 is 9.47 Å². The van der Waals surface area contributed by atoms with Gasteiger partial charge in [0, 0.05) is 12.2 Å². The van der Waals surface area contributed by atoms with Gasteiger partial charge in [0.1, 0.15) is 0 Å². The van der Waals surface area contributed by atoms with Crippen LogP contribution in [0.3, 0.4) is 0 Å². The fraction of sp³-hybridized carbons (Fsp3) is 0. The molecule has 0 aliphatic heterocycles. The molecule has 0 unspecified atom stereocenters. The van der Waals surface area contributed by atoms with Crippen molar-refractivity contribution >= 4 is 24.9 Å². The lowest BCUT2D eigenvalue weighted by molar-refractivity contribution is -0.150. The van der Waals surface area contributed by atoms with Gasteiger partial charge in [-0.15, -0.1) is 0 Å².